The van der Waals surface area contributed by atoms with Crippen LogP contribution in [-0.4, -0.2) is 16.7 Å². The summed E-state index contributed by atoms with van der Waals surface area (Å²) in [6.07, 6.45) is 1.18. The van der Waals surface area contributed by atoms with Gasteiger partial charge in [-0.1, -0.05) is 29.8 Å². The lowest BCUT2D eigenvalue weighted by atomic mass is 10.1. The molecule has 0 aliphatic carbocycles. The predicted molar refractivity (Wildman–Crippen MR) is 76.1 cm³/mol. The van der Waals surface area contributed by atoms with E-state index in [4.69, 9.17) is 9.15 Å². The minimum atomic E-state index is -0.525. The van der Waals surface area contributed by atoms with Gasteiger partial charge in [0.05, 0.1) is 11.5 Å². The topological polar surface area (TPSA) is 64.4 Å². The van der Waals surface area contributed by atoms with E-state index in [1.54, 1.807) is 6.20 Å². The molecule has 1 atom stereocenters. The number of hydrogen-bond donors (Lipinski definition) is 1. The molecule has 1 aromatic rings. The van der Waals surface area contributed by atoms with Crippen molar-refractivity contribution in [3.8, 4) is 0 Å². The van der Waals surface area contributed by atoms with Gasteiger partial charge in [-0.15, -0.1) is 0 Å². The van der Waals surface area contributed by atoms with Crippen molar-refractivity contribution in [1.82, 2.24) is 10.3 Å². The fourth-order valence-electron chi connectivity index (χ4n) is 1.48. The minimum Gasteiger partial charge on any atom is -0.444 e. The summed E-state index contributed by atoms with van der Waals surface area (Å²) in [6.45, 7) is 9.45. The molecule has 19 heavy (non-hydrogen) atoms. The molecule has 1 N–H and O–H groups in total. The summed E-state index contributed by atoms with van der Waals surface area (Å²) in [5, 5.41) is 3.39. The standard InChI is InChI=1S/C13H21BrN2O3/c1-8(2)10(11-15-7-9(6-14)18-11)16-12(17)19-13(3,4)5/h7-8,10H,6H2,1-5H3,(H,16,17)/t10-/m0/s1. The third kappa shape index (κ3) is 5.22. The Balaban J connectivity index is 2.76. The second-order valence-corrected chi connectivity index (χ2v) is 6.23. The quantitative estimate of drug-likeness (QED) is 0.852. The van der Waals surface area contributed by atoms with Crippen molar-refractivity contribution < 1.29 is 13.9 Å². The molecule has 1 aromatic heterocycles. The fraction of sp³-hybridized carbons (Fsp3) is 0.692. The summed E-state index contributed by atoms with van der Waals surface area (Å²) in [7, 11) is 0. The van der Waals surface area contributed by atoms with E-state index in [0.29, 0.717) is 11.2 Å². The van der Waals surface area contributed by atoms with E-state index in [2.05, 4.69) is 26.2 Å². The SMILES string of the molecule is CC(C)[C@H](NC(=O)OC(C)(C)C)c1ncc(CBr)o1. The number of aromatic nitrogens is 1. The van der Waals surface area contributed by atoms with Gasteiger partial charge in [0, 0.05) is 0 Å². The van der Waals surface area contributed by atoms with Crippen molar-refractivity contribution >= 4 is 22.0 Å². The highest BCUT2D eigenvalue weighted by Gasteiger charge is 2.26. The Hall–Kier alpha value is -1.04. The van der Waals surface area contributed by atoms with Gasteiger partial charge in [0.25, 0.3) is 0 Å². The Morgan fingerprint density at radius 1 is 1.53 bits per heavy atom. The highest BCUT2D eigenvalue weighted by Crippen LogP contribution is 2.23. The number of hydrogen-bond acceptors (Lipinski definition) is 4. The zero-order chi connectivity index (χ0) is 14.6. The number of alkyl carbamates (subject to hydrolysis) is 1. The number of rotatable bonds is 4. The normalized spacial score (nSPS) is 13.4. The average molecular weight is 333 g/mol. The summed E-state index contributed by atoms with van der Waals surface area (Å²) < 4.78 is 10.8. The Kier molecular flexibility index (Phi) is 5.40. The van der Waals surface area contributed by atoms with Gasteiger partial charge in [-0.05, 0) is 26.7 Å². The van der Waals surface area contributed by atoms with Crippen LogP contribution < -0.4 is 5.32 Å². The fourth-order valence-corrected chi connectivity index (χ4v) is 1.74. The molecule has 0 fully saturated rings. The van der Waals surface area contributed by atoms with Gasteiger partial charge in [0.1, 0.15) is 17.4 Å². The van der Waals surface area contributed by atoms with Crippen LogP contribution in [-0.2, 0) is 10.1 Å². The lowest BCUT2D eigenvalue weighted by Gasteiger charge is -2.24. The van der Waals surface area contributed by atoms with Crippen LogP contribution in [0, 0.1) is 5.92 Å². The van der Waals surface area contributed by atoms with Crippen molar-refractivity contribution in [1.29, 1.82) is 0 Å². The molecule has 0 radical (unpaired) electrons. The first-order valence-corrected chi connectivity index (χ1v) is 7.35. The van der Waals surface area contributed by atoms with Crippen molar-refractivity contribution in [2.45, 2.75) is 51.6 Å². The zero-order valence-electron chi connectivity index (χ0n) is 12.0. The number of nitrogens with zero attached hydrogens (tertiary/aromatic N) is 1. The third-order valence-corrected chi connectivity index (χ3v) is 2.86. The number of amides is 1. The smallest absolute Gasteiger partial charge is 0.408 e. The van der Waals surface area contributed by atoms with Gasteiger partial charge in [0.15, 0.2) is 0 Å². The molecule has 6 heteroatoms. The second-order valence-electron chi connectivity index (χ2n) is 5.67. The third-order valence-electron chi connectivity index (χ3n) is 2.31. The van der Waals surface area contributed by atoms with Crippen LogP contribution in [0.4, 0.5) is 4.79 Å². The van der Waals surface area contributed by atoms with Crippen LogP contribution in [0.25, 0.3) is 0 Å². The molecule has 0 bridgehead atoms. The largest absolute Gasteiger partial charge is 0.444 e. The molecule has 0 saturated carbocycles. The van der Waals surface area contributed by atoms with Gasteiger partial charge in [0.2, 0.25) is 5.89 Å². The molecule has 108 valence electrons. The molecule has 0 saturated heterocycles. The monoisotopic (exact) mass is 332 g/mol. The van der Waals surface area contributed by atoms with E-state index in [1.165, 1.54) is 0 Å². The van der Waals surface area contributed by atoms with Crippen LogP contribution in [0.15, 0.2) is 10.6 Å². The minimum absolute atomic E-state index is 0.148. The Morgan fingerprint density at radius 2 is 2.16 bits per heavy atom. The summed E-state index contributed by atoms with van der Waals surface area (Å²) in [6, 6.07) is -0.303. The lowest BCUT2D eigenvalue weighted by Crippen LogP contribution is -2.37. The van der Waals surface area contributed by atoms with Crippen LogP contribution in [0.3, 0.4) is 0 Å². The van der Waals surface area contributed by atoms with E-state index < -0.39 is 11.7 Å². The molecular formula is C13H21BrN2O3. The highest BCUT2D eigenvalue weighted by molar-refractivity contribution is 9.08. The van der Waals surface area contributed by atoms with Gasteiger partial charge in [-0.2, -0.15) is 0 Å². The van der Waals surface area contributed by atoms with Gasteiger partial charge in [-0.25, -0.2) is 9.78 Å². The van der Waals surface area contributed by atoms with Crippen LogP contribution in [0.5, 0.6) is 0 Å². The first-order valence-electron chi connectivity index (χ1n) is 6.23. The van der Waals surface area contributed by atoms with Gasteiger partial charge < -0.3 is 14.5 Å². The molecule has 0 aliphatic rings. The van der Waals surface area contributed by atoms with E-state index in [-0.39, 0.29) is 12.0 Å². The summed E-state index contributed by atoms with van der Waals surface area (Å²) in [5.41, 5.74) is -0.525. The average Bonchev–Trinajstić information content (AvgIpc) is 2.71. The van der Waals surface area contributed by atoms with Crippen molar-refractivity contribution in [3.05, 3.63) is 17.8 Å². The molecule has 1 amide bonds. The van der Waals surface area contributed by atoms with Crippen LogP contribution >= 0.6 is 15.9 Å². The van der Waals surface area contributed by atoms with Crippen molar-refractivity contribution in [2.75, 3.05) is 0 Å². The second kappa shape index (κ2) is 6.41. The molecule has 0 aliphatic heterocycles. The molecule has 0 spiro atoms. The number of alkyl halides is 1. The van der Waals surface area contributed by atoms with Crippen molar-refractivity contribution in [2.24, 2.45) is 5.92 Å². The Bertz CT molecular complexity index is 424. The summed E-state index contributed by atoms with van der Waals surface area (Å²) in [5.74, 6) is 1.37. The van der Waals surface area contributed by atoms with Gasteiger partial charge >= 0.3 is 6.09 Å². The van der Waals surface area contributed by atoms with Gasteiger partial charge in [-0.3, -0.25) is 0 Å². The van der Waals surface area contributed by atoms with E-state index in [1.807, 2.05) is 34.6 Å². The molecule has 0 aromatic carbocycles. The molecule has 0 unspecified atom stereocenters. The maximum absolute atomic E-state index is 11.8. The number of nitrogens with one attached hydrogen (secondary N) is 1. The first kappa shape index (κ1) is 16.0. The summed E-state index contributed by atoms with van der Waals surface area (Å²) in [4.78, 5) is 16.0. The number of carbonyl (C=O) groups excluding carboxylic acids is 1. The predicted octanol–water partition coefficient (Wildman–Crippen LogP) is 3.79. The summed E-state index contributed by atoms with van der Waals surface area (Å²) >= 11 is 3.30. The van der Waals surface area contributed by atoms with E-state index in [9.17, 15) is 4.79 Å². The molecule has 1 heterocycles. The number of halogens is 1. The Labute approximate surface area is 122 Å². The highest BCUT2D eigenvalue weighted by atomic mass is 79.9. The lowest BCUT2D eigenvalue weighted by molar-refractivity contribution is 0.0478. The van der Waals surface area contributed by atoms with Crippen molar-refractivity contribution in [3.63, 3.8) is 0 Å². The molecule has 1 rings (SSSR count). The molecular weight excluding hydrogens is 312 g/mol. The van der Waals surface area contributed by atoms with Crippen LogP contribution in [0.2, 0.25) is 0 Å². The molecule has 5 nitrogen and oxygen atoms in total. The van der Waals surface area contributed by atoms with Crippen LogP contribution in [0.1, 0.15) is 52.3 Å². The number of carbonyl (C=O) groups is 1. The van der Waals surface area contributed by atoms with E-state index in [0.717, 1.165) is 5.76 Å². The maximum Gasteiger partial charge on any atom is 0.408 e. The number of ether oxygens (including phenoxy) is 1. The first-order chi connectivity index (χ1) is 8.73. The Morgan fingerprint density at radius 3 is 2.58 bits per heavy atom. The zero-order valence-corrected chi connectivity index (χ0v) is 13.6. The number of oxazole rings is 1. The maximum atomic E-state index is 11.8. The van der Waals surface area contributed by atoms with E-state index >= 15 is 0 Å².